The standard InChI is InChI=1S/C21H27N7O6/c1-21(2,3)34-20(33)25-14(6-7-16(29)30)19(32)28-15(9-12-5-4-8-22-17(12)28)18(31)23-10-13-11-24-27-26-13/h4-5,8,11,14-15H,6-7,9-10H2,1-3H3,(H,23,31)(H,25,33)(H,29,30)(H,24,26,27). The van der Waals surface area contributed by atoms with Gasteiger partial charge in [-0.15, -0.1) is 0 Å². The molecule has 2 aromatic heterocycles. The van der Waals surface area contributed by atoms with Gasteiger partial charge in [0.15, 0.2) is 0 Å². The summed E-state index contributed by atoms with van der Waals surface area (Å²) in [4.78, 5) is 55.6. The maximum Gasteiger partial charge on any atom is 0.408 e. The van der Waals surface area contributed by atoms with Crippen LogP contribution in [0.4, 0.5) is 10.6 Å². The van der Waals surface area contributed by atoms with Crippen molar-refractivity contribution >= 4 is 29.7 Å². The zero-order valence-corrected chi connectivity index (χ0v) is 19.1. The fraction of sp³-hybridized carbons (Fsp3) is 0.476. The van der Waals surface area contributed by atoms with Crippen molar-refractivity contribution in [3.63, 3.8) is 0 Å². The molecule has 0 radical (unpaired) electrons. The van der Waals surface area contributed by atoms with Crippen LogP contribution in [0.2, 0.25) is 0 Å². The van der Waals surface area contributed by atoms with E-state index in [1.54, 1.807) is 32.9 Å². The number of hydrogen-bond acceptors (Lipinski definition) is 8. The maximum atomic E-state index is 13.6. The van der Waals surface area contributed by atoms with Crippen molar-refractivity contribution in [3.05, 3.63) is 35.8 Å². The van der Waals surface area contributed by atoms with Crippen molar-refractivity contribution in [3.8, 4) is 0 Å². The Morgan fingerprint density at radius 1 is 1.32 bits per heavy atom. The van der Waals surface area contributed by atoms with Gasteiger partial charge in [-0.1, -0.05) is 6.07 Å². The minimum atomic E-state index is -1.25. The smallest absolute Gasteiger partial charge is 0.408 e. The molecule has 0 aromatic carbocycles. The van der Waals surface area contributed by atoms with Gasteiger partial charge in [-0.05, 0) is 38.8 Å². The van der Waals surface area contributed by atoms with Crippen LogP contribution in [-0.2, 0) is 32.1 Å². The minimum absolute atomic E-state index is 0.0935. The zero-order valence-electron chi connectivity index (χ0n) is 19.1. The number of carbonyl (C=O) groups is 4. The number of alkyl carbamates (subject to hydrolysis) is 1. The summed E-state index contributed by atoms with van der Waals surface area (Å²) in [6.07, 6.45) is 1.71. The largest absolute Gasteiger partial charge is 0.481 e. The highest BCUT2D eigenvalue weighted by molar-refractivity contribution is 6.05. The van der Waals surface area contributed by atoms with E-state index in [0.29, 0.717) is 11.3 Å². The van der Waals surface area contributed by atoms with Crippen LogP contribution >= 0.6 is 0 Å². The van der Waals surface area contributed by atoms with Crippen LogP contribution in [0.3, 0.4) is 0 Å². The van der Waals surface area contributed by atoms with E-state index in [1.807, 2.05) is 0 Å². The van der Waals surface area contributed by atoms with E-state index < -0.39 is 41.6 Å². The lowest BCUT2D eigenvalue weighted by Gasteiger charge is -2.29. The highest BCUT2D eigenvalue weighted by Crippen LogP contribution is 2.31. The topological polar surface area (TPSA) is 180 Å². The SMILES string of the molecule is CC(C)(C)OC(=O)NC(CCC(=O)O)C(=O)N1c2ncccc2CC1C(=O)NCc1cn[nH]n1. The summed E-state index contributed by atoms with van der Waals surface area (Å²) in [5.41, 5.74) is 0.355. The number of rotatable bonds is 8. The molecule has 2 aromatic rings. The molecule has 0 bridgehead atoms. The molecule has 13 heteroatoms. The lowest BCUT2D eigenvalue weighted by molar-refractivity contribution is -0.137. The number of aliphatic carboxylic acids is 1. The van der Waals surface area contributed by atoms with Gasteiger partial charge in [0.1, 0.15) is 29.2 Å². The van der Waals surface area contributed by atoms with Crippen molar-refractivity contribution in [1.82, 2.24) is 31.0 Å². The predicted octanol–water partition coefficient (Wildman–Crippen LogP) is 0.532. The summed E-state index contributed by atoms with van der Waals surface area (Å²) in [7, 11) is 0. The molecule has 1 aliphatic heterocycles. The molecule has 0 saturated carbocycles. The molecule has 182 valence electrons. The average Bonchev–Trinajstić information content (AvgIpc) is 3.40. The molecule has 3 rings (SSSR count). The first-order valence-electron chi connectivity index (χ1n) is 10.7. The number of nitrogens with zero attached hydrogens (tertiary/aromatic N) is 4. The molecule has 3 heterocycles. The number of anilines is 1. The van der Waals surface area contributed by atoms with Gasteiger partial charge in [0.05, 0.1) is 12.7 Å². The minimum Gasteiger partial charge on any atom is -0.481 e. The summed E-state index contributed by atoms with van der Waals surface area (Å²) in [5.74, 6) is -1.97. The van der Waals surface area contributed by atoms with Crippen molar-refractivity contribution in [1.29, 1.82) is 0 Å². The fourth-order valence-electron chi connectivity index (χ4n) is 3.47. The number of hydrogen-bond donors (Lipinski definition) is 4. The number of nitrogens with one attached hydrogen (secondary N) is 3. The van der Waals surface area contributed by atoms with Crippen LogP contribution in [0.5, 0.6) is 0 Å². The van der Waals surface area contributed by atoms with Gasteiger partial charge >= 0.3 is 12.1 Å². The van der Waals surface area contributed by atoms with E-state index in [2.05, 4.69) is 31.0 Å². The summed E-state index contributed by atoms with van der Waals surface area (Å²) >= 11 is 0. The number of H-pyrrole nitrogens is 1. The normalized spacial score (nSPS) is 15.9. The summed E-state index contributed by atoms with van der Waals surface area (Å²) in [6, 6.07) is 1.25. The summed E-state index contributed by atoms with van der Waals surface area (Å²) in [5, 5.41) is 24.3. The Balaban J connectivity index is 1.84. The van der Waals surface area contributed by atoms with E-state index in [9.17, 15) is 19.2 Å². The van der Waals surface area contributed by atoms with E-state index in [-0.39, 0.29) is 31.6 Å². The molecule has 3 amide bonds. The molecule has 0 spiro atoms. The molecule has 4 N–H and O–H groups in total. The first-order chi connectivity index (χ1) is 16.0. The lowest BCUT2D eigenvalue weighted by atomic mass is 10.1. The van der Waals surface area contributed by atoms with Gasteiger partial charge in [0, 0.05) is 19.0 Å². The fourth-order valence-corrected chi connectivity index (χ4v) is 3.47. The number of carboxylic acids is 1. The van der Waals surface area contributed by atoms with Crippen LogP contribution in [0.15, 0.2) is 24.5 Å². The first kappa shape index (κ1) is 24.6. The van der Waals surface area contributed by atoms with Crippen molar-refractivity contribution in [2.45, 2.75) is 64.3 Å². The Morgan fingerprint density at radius 3 is 2.74 bits per heavy atom. The van der Waals surface area contributed by atoms with Crippen LogP contribution < -0.4 is 15.5 Å². The first-order valence-corrected chi connectivity index (χ1v) is 10.7. The van der Waals surface area contributed by atoms with Gasteiger partial charge in [0.2, 0.25) is 5.91 Å². The quantitative estimate of drug-likeness (QED) is 0.425. The number of carboxylic acid groups (broad SMARTS) is 1. The second-order valence-electron chi connectivity index (χ2n) is 8.72. The number of aromatic amines is 1. The summed E-state index contributed by atoms with van der Waals surface area (Å²) < 4.78 is 5.23. The Labute approximate surface area is 195 Å². The van der Waals surface area contributed by atoms with E-state index >= 15 is 0 Å². The molecular weight excluding hydrogens is 446 g/mol. The molecule has 2 unspecified atom stereocenters. The monoisotopic (exact) mass is 473 g/mol. The third-order valence-electron chi connectivity index (χ3n) is 4.91. The lowest BCUT2D eigenvalue weighted by Crippen LogP contribution is -2.55. The van der Waals surface area contributed by atoms with Gasteiger partial charge in [-0.2, -0.15) is 15.4 Å². The molecule has 0 fully saturated rings. The van der Waals surface area contributed by atoms with Crippen LogP contribution in [0, 0.1) is 0 Å². The molecule has 0 aliphatic carbocycles. The maximum absolute atomic E-state index is 13.6. The molecule has 1 aliphatic rings. The number of fused-ring (bicyclic) bond motifs is 1. The van der Waals surface area contributed by atoms with Crippen LogP contribution in [-0.4, -0.2) is 67.1 Å². The van der Waals surface area contributed by atoms with Crippen molar-refractivity contribution in [2.24, 2.45) is 0 Å². The van der Waals surface area contributed by atoms with E-state index in [1.165, 1.54) is 17.3 Å². The Kier molecular flexibility index (Phi) is 7.44. The summed E-state index contributed by atoms with van der Waals surface area (Å²) in [6.45, 7) is 5.08. The number of aromatic nitrogens is 4. The number of carbonyl (C=O) groups excluding carboxylic acids is 3. The molecular formula is C21H27N7O6. The van der Waals surface area contributed by atoms with Gasteiger partial charge in [-0.25, -0.2) is 9.78 Å². The van der Waals surface area contributed by atoms with Gasteiger partial charge < -0.3 is 20.5 Å². The van der Waals surface area contributed by atoms with Crippen LogP contribution in [0.1, 0.15) is 44.9 Å². The third-order valence-corrected chi connectivity index (χ3v) is 4.91. The highest BCUT2D eigenvalue weighted by atomic mass is 16.6. The number of pyridine rings is 1. The van der Waals surface area contributed by atoms with Crippen LogP contribution in [0.25, 0.3) is 0 Å². The molecule has 0 saturated heterocycles. The van der Waals surface area contributed by atoms with Gasteiger partial charge in [0.25, 0.3) is 5.91 Å². The molecule has 13 nitrogen and oxygen atoms in total. The highest BCUT2D eigenvalue weighted by Gasteiger charge is 2.42. The zero-order chi connectivity index (χ0) is 24.9. The number of ether oxygens (including phenoxy) is 1. The Hall–Kier alpha value is -4.03. The number of amides is 3. The molecule has 34 heavy (non-hydrogen) atoms. The average molecular weight is 473 g/mol. The predicted molar refractivity (Wildman–Crippen MR) is 117 cm³/mol. The second-order valence-corrected chi connectivity index (χ2v) is 8.72. The van der Waals surface area contributed by atoms with Crippen molar-refractivity contribution < 1.29 is 29.0 Å². The Morgan fingerprint density at radius 2 is 2.09 bits per heavy atom. The third kappa shape index (κ3) is 6.27. The Bertz CT molecular complexity index is 1050. The van der Waals surface area contributed by atoms with E-state index in [4.69, 9.17) is 9.84 Å². The van der Waals surface area contributed by atoms with Gasteiger partial charge in [-0.3, -0.25) is 19.3 Å². The second kappa shape index (κ2) is 10.3. The van der Waals surface area contributed by atoms with Crippen molar-refractivity contribution in [2.75, 3.05) is 4.90 Å². The molecule has 2 atom stereocenters. The van der Waals surface area contributed by atoms with E-state index in [0.717, 1.165) is 0 Å².